The van der Waals surface area contributed by atoms with Gasteiger partial charge in [-0.2, -0.15) is 0 Å². The lowest BCUT2D eigenvalue weighted by atomic mass is 10.1. The Morgan fingerprint density at radius 3 is 2.16 bits per heavy atom. The molecule has 19 heavy (non-hydrogen) atoms. The van der Waals surface area contributed by atoms with E-state index in [1.807, 2.05) is 0 Å². The molecular weight excluding hydrogens is 256 g/mol. The zero-order valence-corrected chi connectivity index (χ0v) is 12.7. The molecule has 0 atom stereocenters. The number of rotatable bonds is 7. The van der Waals surface area contributed by atoms with E-state index in [9.17, 15) is 5.11 Å². The fraction of sp³-hybridized carbons (Fsp3) is 0.800. The highest BCUT2D eigenvalue weighted by molar-refractivity contribution is 7.15. The number of aliphatic hydroxyl groups is 1. The topological polar surface area (TPSA) is 36.4 Å². The van der Waals surface area contributed by atoms with Crippen LogP contribution in [0.3, 0.4) is 0 Å². The number of nitrogens with zero attached hydrogens (tertiary/aromatic N) is 2. The summed E-state index contributed by atoms with van der Waals surface area (Å²) in [4.78, 5) is 8.38. The summed E-state index contributed by atoms with van der Waals surface area (Å²) in [6, 6.07) is 0. The molecule has 0 unspecified atom stereocenters. The number of thiazole rings is 1. The standard InChI is InChI=1S/C15H24N2OS/c1-10(2)14-13(9-18)19-15(16-14)17(7-11-3-4-11)8-12-5-6-12/h10-12,18H,3-9H2,1-2H3. The van der Waals surface area contributed by atoms with Crippen molar-refractivity contribution in [3.63, 3.8) is 0 Å². The maximum Gasteiger partial charge on any atom is 0.185 e. The van der Waals surface area contributed by atoms with Crippen molar-refractivity contribution in [2.45, 2.75) is 52.1 Å². The molecule has 3 rings (SSSR count). The molecule has 0 radical (unpaired) electrons. The van der Waals surface area contributed by atoms with E-state index < -0.39 is 0 Å². The first-order chi connectivity index (χ1) is 9.17. The molecular formula is C15H24N2OS. The van der Waals surface area contributed by atoms with Crippen LogP contribution in [0.25, 0.3) is 0 Å². The summed E-state index contributed by atoms with van der Waals surface area (Å²) in [7, 11) is 0. The SMILES string of the molecule is CC(C)c1nc(N(CC2CC2)CC2CC2)sc1CO. The van der Waals surface area contributed by atoms with Gasteiger partial charge in [0, 0.05) is 13.1 Å². The fourth-order valence-corrected chi connectivity index (χ4v) is 3.60. The van der Waals surface area contributed by atoms with Gasteiger partial charge in [0.05, 0.1) is 17.2 Å². The lowest BCUT2D eigenvalue weighted by Gasteiger charge is -2.21. The Morgan fingerprint density at radius 2 is 1.79 bits per heavy atom. The summed E-state index contributed by atoms with van der Waals surface area (Å²) in [6.07, 6.45) is 5.54. The van der Waals surface area contributed by atoms with Gasteiger partial charge in [0.25, 0.3) is 0 Å². The Kier molecular flexibility index (Phi) is 3.81. The highest BCUT2D eigenvalue weighted by Gasteiger charge is 2.31. The molecule has 0 aliphatic heterocycles. The van der Waals surface area contributed by atoms with Crippen molar-refractivity contribution in [2.24, 2.45) is 11.8 Å². The van der Waals surface area contributed by atoms with Crippen LogP contribution in [-0.4, -0.2) is 23.2 Å². The van der Waals surface area contributed by atoms with Crippen LogP contribution in [0, 0.1) is 11.8 Å². The van der Waals surface area contributed by atoms with Gasteiger partial charge < -0.3 is 10.0 Å². The molecule has 1 heterocycles. The van der Waals surface area contributed by atoms with Crippen LogP contribution in [0.1, 0.15) is 56.0 Å². The summed E-state index contributed by atoms with van der Waals surface area (Å²) < 4.78 is 0. The van der Waals surface area contributed by atoms with E-state index >= 15 is 0 Å². The van der Waals surface area contributed by atoms with Crippen LogP contribution >= 0.6 is 11.3 Å². The molecule has 2 saturated carbocycles. The van der Waals surface area contributed by atoms with E-state index in [-0.39, 0.29) is 6.61 Å². The molecule has 1 aromatic rings. The zero-order chi connectivity index (χ0) is 13.4. The Morgan fingerprint density at radius 1 is 1.21 bits per heavy atom. The molecule has 2 fully saturated rings. The molecule has 0 amide bonds. The first kappa shape index (κ1) is 13.4. The second kappa shape index (κ2) is 5.41. The van der Waals surface area contributed by atoms with E-state index in [1.54, 1.807) is 11.3 Å². The lowest BCUT2D eigenvalue weighted by Crippen LogP contribution is -2.27. The minimum Gasteiger partial charge on any atom is -0.391 e. The predicted octanol–water partition coefficient (Wildman–Crippen LogP) is 3.39. The number of anilines is 1. The van der Waals surface area contributed by atoms with Gasteiger partial charge >= 0.3 is 0 Å². The van der Waals surface area contributed by atoms with E-state index in [0.29, 0.717) is 5.92 Å². The smallest absolute Gasteiger partial charge is 0.185 e. The summed E-state index contributed by atoms with van der Waals surface area (Å²) >= 11 is 1.70. The van der Waals surface area contributed by atoms with Gasteiger partial charge in [-0.05, 0) is 43.4 Å². The van der Waals surface area contributed by atoms with Crippen LogP contribution in [0.4, 0.5) is 5.13 Å². The summed E-state index contributed by atoms with van der Waals surface area (Å²) in [6.45, 7) is 6.79. The van der Waals surface area contributed by atoms with E-state index in [0.717, 1.165) is 27.5 Å². The van der Waals surface area contributed by atoms with Crippen molar-refractivity contribution in [3.8, 4) is 0 Å². The second-order valence-electron chi connectivity index (χ2n) is 6.41. The Bertz CT molecular complexity index is 421. The van der Waals surface area contributed by atoms with Gasteiger partial charge in [-0.3, -0.25) is 0 Å². The van der Waals surface area contributed by atoms with Gasteiger partial charge in [-0.25, -0.2) is 4.98 Å². The zero-order valence-electron chi connectivity index (χ0n) is 11.9. The Hall–Kier alpha value is -0.610. The van der Waals surface area contributed by atoms with Crippen molar-refractivity contribution < 1.29 is 5.11 Å². The molecule has 0 spiro atoms. The lowest BCUT2D eigenvalue weighted by molar-refractivity contribution is 0.283. The van der Waals surface area contributed by atoms with Crippen molar-refractivity contribution in [1.29, 1.82) is 0 Å². The molecule has 1 N–H and O–H groups in total. The van der Waals surface area contributed by atoms with Crippen molar-refractivity contribution in [1.82, 2.24) is 4.98 Å². The Labute approximate surface area is 119 Å². The van der Waals surface area contributed by atoms with Crippen LogP contribution in [-0.2, 0) is 6.61 Å². The molecule has 0 saturated heterocycles. The van der Waals surface area contributed by atoms with Gasteiger partial charge in [-0.15, -0.1) is 0 Å². The van der Waals surface area contributed by atoms with Crippen molar-refractivity contribution in [3.05, 3.63) is 10.6 Å². The monoisotopic (exact) mass is 280 g/mol. The largest absolute Gasteiger partial charge is 0.391 e. The molecule has 2 aliphatic rings. The van der Waals surface area contributed by atoms with Gasteiger partial charge in [0.15, 0.2) is 5.13 Å². The van der Waals surface area contributed by atoms with Crippen LogP contribution in [0.5, 0.6) is 0 Å². The fourth-order valence-electron chi connectivity index (χ4n) is 2.51. The maximum absolute atomic E-state index is 9.50. The van der Waals surface area contributed by atoms with Gasteiger partial charge in [0.1, 0.15) is 0 Å². The minimum absolute atomic E-state index is 0.131. The third-order valence-electron chi connectivity index (χ3n) is 4.03. The second-order valence-corrected chi connectivity index (χ2v) is 7.47. The van der Waals surface area contributed by atoms with Crippen molar-refractivity contribution in [2.75, 3.05) is 18.0 Å². The number of hydrogen-bond donors (Lipinski definition) is 1. The van der Waals surface area contributed by atoms with E-state index in [1.165, 1.54) is 38.8 Å². The van der Waals surface area contributed by atoms with Gasteiger partial charge in [0.2, 0.25) is 0 Å². The molecule has 2 aliphatic carbocycles. The first-order valence-corrected chi connectivity index (χ1v) is 8.34. The highest BCUT2D eigenvalue weighted by atomic mass is 32.1. The predicted molar refractivity (Wildman–Crippen MR) is 79.8 cm³/mol. The van der Waals surface area contributed by atoms with Crippen molar-refractivity contribution >= 4 is 16.5 Å². The molecule has 0 bridgehead atoms. The van der Waals surface area contributed by atoms with E-state index in [2.05, 4.69) is 18.7 Å². The quantitative estimate of drug-likeness (QED) is 0.831. The average molecular weight is 280 g/mol. The normalized spacial score (nSPS) is 19.2. The third kappa shape index (κ3) is 3.29. The molecule has 0 aromatic carbocycles. The average Bonchev–Trinajstić information content (AvgIpc) is 3.29. The number of aromatic nitrogens is 1. The summed E-state index contributed by atoms with van der Waals surface area (Å²) in [5, 5.41) is 10.6. The number of hydrogen-bond acceptors (Lipinski definition) is 4. The first-order valence-electron chi connectivity index (χ1n) is 7.52. The number of aliphatic hydroxyl groups excluding tert-OH is 1. The van der Waals surface area contributed by atoms with E-state index in [4.69, 9.17) is 4.98 Å². The molecule has 3 nitrogen and oxygen atoms in total. The molecule has 1 aromatic heterocycles. The highest BCUT2D eigenvalue weighted by Crippen LogP contribution is 2.38. The summed E-state index contributed by atoms with van der Waals surface area (Å²) in [5.74, 6) is 2.18. The maximum atomic E-state index is 9.50. The van der Waals surface area contributed by atoms with Crippen LogP contribution < -0.4 is 4.90 Å². The van der Waals surface area contributed by atoms with Crippen LogP contribution in [0.15, 0.2) is 0 Å². The third-order valence-corrected chi connectivity index (χ3v) is 5.14. The van der Waals surface area contributed by atoms with Crippen LogP contribution in [0.2, 0.25) is 0 Å². The van der Waals surface area contributed by atoms with Gasteiger partial charge in [-0.1, -0.05) is 25.2 Å². The Balaban J connectivity index is 1.78. The molecule has 106 valence electrons. The minimum atomic E-state index is 0.131. The molecule has 4 heteroatoms. The summed E-state index contributed by atoms with van der Waals surface area (Å²) in [5.41, 5.74) is 1.10.